The van der Waals surface area contributed by atoms with Crippen molar-refractivity contribution in [3.8, 4) is 0 Å². The fourth-order valence-corrected chi connectivity index (χ4v) is 3.96. The second-order valence-corrected chi connectivity index (χ2v) is 8.18. The fourth-order valence-electron chi connectivity index (χ4n) is 3.96. The molecule has 2 aromatic rings. The maximum absolute atomic E-state index is 13.6. The normalized spacial score (nSPS) is 17.0. The van der Waals surface area contributed by atoms with E-state index in [0.29, 0.717) is 16.8 Å². The van der Waals surface area contributed by atoms with Crippen molar-refractivity contribution in [1.29, 1.82) is 0 Å². The zero-order chi connectivity index (χ0) is 22.0. The Balaban J connectivity index is 2.08. The van der Waals surface area contributed by atoms with E-state index in [9.17, 15) is 14.0 Å². The lowest BCUT2D eigenvalue weighted by Crippen LogP contribution is -2.38. The summed E-state index contributed by atoms with van der Waals surface area (Å²) in [6.07, 6.45) is -0.106. The molecule has 0 radical (unpaired) electrons. The van der Waals surface area contributed by atoms with Gasteiger partial charge in [0.15, 0.2) is 0 Å². The monoisotopic (exact) mass is 409 g/mol. The molecule has 1 aliphatic rings. The van der Waals surface area contributed by atoms with Crippen LogP contribution in [0.5, 0.6) is 0 Å². The molecule has 2 aromatic carbocycles. The third-order valence-corrected chi connectivity index (χ3v) is 5.43. The van der Waals surface area contributed by atoms with Gasteiger partial charge in [0.2, 0.25) is 5.91 Å². The predicted octanol–water partition coefficient (Wildman–Crippen LogP) is 5.18. The topological polar surface area (TPSA) is 46.6 Å². The van der Waals surface area contributed by atoms with Crippen molar-refractivity contribution in [2.24, 2.45) is 0 Å². The van der Waals surface area contributed by atoms with Crippen molar-refractivity contribution >= 4 is 11.9 Å². The standard InChI is InChI=1S/C25H28FNO3/c1-15(2)30-25(29)24-18(5)27(14-19-7-6-8-20(26)12-19)23(28)13-22(24)21-11-16(3)9-10-17(21)4/h6-12,15,22H,13-14H2,1-5H3. The van der Waals surface area contributed by atoms with Gasteiger partial charge in [0.05, 0.1) is 18.2 Å². The SMILES string of the molecule is CC1=C(C(=O)OC(C)C)C(c2cc(C)ccc2C)CC(=O)N1Cc1cccc(F)c1. The minimum absolute atomic E-state index is 0.0937. The lowest BCUT2D eigenvalue weighted by Gasteiger charge is -2.35. The van der Waals surface area contributed by atoms with Crippen LogP contribution in [0.25, 0.3) is 0 Å². The number of hydrogen-bond donors (Lipinski definition) is 0. The Morgan fingerprint density at radius 2 is 1.90 bits per heavy atom. The van der Waals surface area contributed by atoms with Gasteiger partial charge >= 0.3 is 5.97 Å². The molecule has 0 spiro atoms. The number of esters is 1. The second-order valence-electron chi connectivity index (χ2n) is 8.18. The van der Waals surface area contributed by atoms with Crippen molar-refractivity contribution in [1.82, 2.24) is 4.90 Å². The molecule has 1 unspecified atom stereocenters. The Bertz CT molecular complexity index is 1010. The largest absolute Gasteiger partial charge is 0.460 e. The Hall–Kier alpha value is -2.95. The summed E-state index contributed by atoms with van der Waals surface area (Å²) in [5.41, 5.74) is 4.79. The van der Waals surface area contributed by atoms with Gasteiger partial charge in [-0.3, -0.25) is 4.79 Å². The van der Waals surface area contributed by atoms with Gasteiger partial charge in [-0.25, -0.2) is 9.18 Å². The highest BCUT2D eigenvalue weighted by molar-refractivity contribution is 5.96. The molecule has 1 aliphatic heterocycles. The van der Waals surface area contributed by atoms with Crippen molar-refractivity contribution in [3.05, 3.63) is 81.8 Å². The number of rotatable bonds is 5. The van der Waals surface area contributed by atoms with Gasteiger partial charge in [-0.05, 0) is 63.4 Å². The van der Waals surface area contributed by atoms with E-state index in [2.05, 4.69) is 0 Å². The maximum Gasteiger partial charge on any atom is 0.336 e. The maximum atomic E-state index is 13.6. The highest BCUT2D eigenvalue weighted by atomic mass is 19.1. The van der Waals surface area contributed by atoms with Crippen LogP contribution in [0.15, 0.2) is 53.7 Å². The Morgan fingerprint density at radius 3 is 2.57 bits per heavy atom. The van der Waals surface area contributed by atoms with Crippen molar-refractivity contribution < 1.29 is 18.7 Å². The molecule has 4 nitrogen and oxygen atoms in total. The number of halogens is 1. The summed E-state index contributed by atoms with van der Waals surface area (Å²) < 4.78 is 19.2. The molecule has 158 valence electrons. The smallest absolute Gasteiger partial charge is 0.336 e. The number of ether oxygens (including phenoxy) is 1. The van der Waals surface area contributed by atoms with Gasteiger partial charge in [0.25, 0.3) is 0 Å². The van der Waals surface area contributed by atoms with E-state index >= 15 is 0 Å². The molecule has 3 rings (SSSR count). The molecule has 0 aliphatic carbocycles. The molecule has 1 amide bonds. The van der Waals surface area contributed by atoms with Crippen LogP contribution in [-0.4, -0.2) is 22.9 Å². The Kier molecular flexibility index (Phi) is 6.40. The van der Waals surface area contributed by atoms with E-state index in [0.717, 1.165) is 16.7 Å². The third kappa shape index (κ3) is 4.61. The molecule has 0 saturated carbocycles. The molecule has 0 bridgehead atoms. The first-order chi connectivity index (χ1) is 14.2. The predicted molar refractivity (Wildman–Crippen MR) is 114 cm³/mol. The van der Waals surface area contributed by atoms with Crippen LogP contribution in [0.2, 0.25) is 0 Å². The number of aryl methyl sites for hydroxylation is 2. The van der Waals surface area contributed by atoms with Crippen LogP contribution in [0, 0.1) is 19.7 Å². The van der Waals surface area contributed by atoms with Crippen molar-refractivity contribution in [2.45, 2.75) is 59.6 Å². The summed E-state index contributed by atoms with van der Waals surface area (Å²) >= 11 is 0. The van der Waals surface area contributed by atoms with Crippen LogP contribution in [-0.2, 0) is 20.9 Å². The molecule has 0 aromatic heterocycles. The van der Waals surface area contributed by atoms with Gasteiger partial charge in [-0.2, -0.15) is 0 Å². The first kappa shape index (κ1) is 21.8. The molecular weight excluding hydrogens is 381 g/mol. The van der Waals surface area contributed by atoms with E-state index in [1.54, 1.807) is 37.8 Å². The van der Waals surface area contributed by atoms with Gasteiger partial charge in [0.1, 0.15) is 5.82 Å². The average molecular weight is 410 g/mol. The van der Waals surface area contributed by atoms with E-state index in [1.807, 2.05) is 32.0 Å². The number of carbonyl (C=O) groups excluding carboxylic acids is 2. The quantitative estimate of drug-likeness (QED) is 0.639. The van der Waals surface area contributed by atoms with E-state index in [4.69, 9.17) is 4.74 Å². The number of hydrogen-bond acceptors (Lipinski definition) is 3. The van der Waals surface area contributed by atoms with Crippen LogP contribution >= 0.6 is 0 Å². The lowest BCUT2D eigenvalue weighted by molar-refractivity contribution is -0.143. The van der Waals surface area contributed by atoms with Crippen LogP contribution in [0.4, 0.5) is 4.39 Å². The van der Waals surface area contributed by atoms with E-state index in [1.165, 1.54) is 12.1 Å². The highest BCUT2D eigenvalue weighted by Gasteiger charge is 2.37. The number of nitrogens with zero attached hydrogens (tertiary/aromatic N) is 1. The first-order valence-corrected chi connectivity index (χ1v) is 10.2. The van der Waals surface area contributed by atoms with Crippen LogP contribution < -0.4 is 0 Å². The van der Waals surface area contributed by atoms with Gasteiger partial charge < -0.3 is 9.64 Å². The van der Waals surface area contributed by atoms with Crippen LogP contribution in [0.1, 0.15) is 55.4 Å². The zero-order valence-electron chi connectivity index (χ0n) is 18.2. The molecule has 1 heterocycles. The number of allylic oxidation sites excluding steroid dienone is 1. The van der Waals surface area contributed by atoms with Gasteiger partial charge in [-0.15, -0.1) is 0 Å². The molecule has 30 heavy (non-hydrogen) atoms. The van der Waals surface area contributed by atoms with E-state index in [-0.39, 0.29) is 36.7 Å². The molecule has 0 fully saturated rings. The van der Waals surface area contributed by atoms with Gasteiger partial charge in [-0.1, -0.05) is 35.9 Å². The third-order valence-electron chi connectivity index (χ3n) is 5.43. The van der Waals surface area contributed by atoms with E-state index < -0.39 is 5.97 Å². The highest BCUT2D eigenvalue weighted by Crippen LogP contribution is 2.39. The average Bonchev–Trinajstić information content (AvgIpc) is 2.66. The van der Waals surface area contributed by atoms with Crippen LogP contribution in [0.3, 0.4) is 0 Å². The minimum atomic E-state index is -0.412. The fraction of sp³-hybridized carbons (Fsp3) is 0.360. The minimum Gasteiger partial charge on any atom is -0.460 e. The molecule has 1 atom stereocenters. The molecule has 5 heteroatoms. The summed E-state index contributed by atoms with van der Waals surface area (Å²) in [4.78, 5) is 27.8. The first-order valence-electron chi connectivity index (χ1n) is 10.2. The summed E-state index contributed by atoms with van der Waals surface area (Å²) in [6, 6.07) is 12.2. The summed E-state index contributed by atoms with van der Waals surface area (Å²) in [7, 11) is 0. The molecule has 0 saturated heterocycles. The zero-order valence-corrected chi connectivity index (χ0v) is 18.2. The second kappa shape index (κ2) is 8.82. The number of amides is 1. The summed E-state index contributed by atoms with van der Waals surface area (Å²) in [5, 5.41) is 0. The lowest BCUT2D eigenvalue weighted by atomic mass is 9.81. The molecular formula is C25H28FNO3. The summed E-state index contributed by atoms with van der Waals surface area (Å²) in [5.74, 6) is -1.23. The Labute approximate surface area is 177 Å². The summed E-state index contributed by atoms with van der Waals surface area (Å²) in [6.45, 7) is 9.57. The number of benzene rings is 2. The van der Waals surface area contributed by atoms with Gasteiger partial charge in [0, 0.05) is 18.0 Å². The van der Waals surface area contributed by atoms with Crippen molar-refractivity contribution in [2.75, 3.05) is 0 Å². The van der Waals surface area contributed by atoms with Crippen molar-refractivity contribution in [3.63, 3.8) is 0 Å². The molecule has 0 N–H and O–H groups in total. The Morgan fingerprint density at radius 1 is 1.17 bits per heavy atom. The number of carbonyl (C=O) groups is 2.